The van der Waals surface area contributed by atoms with E-state index >= 15 is 0 Å². The zero-order valence-corrected chi connectivity index (χ0v) is 13.8. The topological polar surface area (TPSA) is 73.4 Å². The Morgan fingerprint density at radius 3 is 2.67 bits per heavy atom. The third-order valence-corrected chi connectivity index (χ3v) is 4.84. The Labute approximate surface area is 141 Å². The molecule has 1 unspecified atom stereocenters. The number of nitrogens with one attached hydrogen (secondary N) is 1. The minimum absolute atomic E-state index is 0.0896. The van der Waals surface area contributed by atoms with Crippen molar-refractivity contribution in [3.05, 3.63) is 48.2 Å². The molecule has 1 aliphatic heterocycles. The Morgan fingerprint density at radius 2 is 1.96 bits per heavy atom. The molecule has 1 aliphatic rings. The van der Waals surface area contributed by atoms with E-state index in [-0.39, 0.29) is 5.91 Å². The molecular weight excluding hydrogens is 304 g/mol. The average molecular weight is 326 g/mol. The van der Waals surface area contributed by atoms with Crippen molar-refractivity contribution in [3.63, 3.8) is 0 Å². The van der Waals surface area contributed by atoms with Crippen molar-refractivity contribution in [2.24, 2.45) is 0 Å². The third-order valence-electron chi connectivity index (χ3n) is 4.84. The van der Waals surface area contributed by atoms with Crippen LogP contribution in [0, 0.1) is 0 Å². The second-order valence-electron chi connectivity index (χ2n) is 6.49. The summed E-state index contributed by atoms with van der Waals surface area (Å²) in [6.45, 7) is 2.17. The van der Waals surface area contributed by atoms with Crippen LogP contribution < -0.4 is 0 Å². The van der Waals surface area contributed by atoms with Crippen LogP contribution in [0.4, 0.5) is 0 Å². The molecule has 5 heteroatoms. The van der Waals surface area contributed by atoms with Crippen LogP contribution in [0.1, 0.15) is 31.9 Å². The van der Waals surface area contributed by atoms with Crippen LogP contribution in [0.2, 0.25) is 0 Å². The van der Waals surface area contributed by atoms with Crippen LogP contribution in [0.15, 0.2) is 42.5 Å². The number of hydrogen-bond acceptors (Lipinski definition) is 2. The Kier molecular flexibility index (Phi) is 4.42. The SMILES string of the molecule is CC1(C(=O)O)CCCN1C(=O)CCc1ccc(-c2ccccc2)[nH]1. The van der Waals surface area contributed by atoms with Gasteiger partial charge in [-0.1, -0.05) is 30.3 Å². The number of carbonyl (C=O) groups is 2. The van der Waals surface area contributed by atoms with Gasteiger partial charge in [-0.15, -0.1) is 0 Å². The lowest BCUT2D eigenvalue weighted by molar-refractivity contribution is -0.155. The normalized spacial score (nSPS) is 20.3. The van der Waals surface area contributed by atoms with Gasteiger partial charge in [0.25, 0.3) is 0 Å². The summed E-state index contributed by atoms with van der Waals surface area (Å²) in [5.74, 6) is -1.01. The fraction of sp³-hybridized carbons (Fsp3) is 0.368. The lowest BCUT2D eigenvalue weighted by atomic mass is 9.99. The molecule has 126 valence electrons. The molecule has 1 amide bonds. The summed E-state index contributed by atoms with van der Waals surface area (Å²) in [6.07, 6.45) is 2.17. The van der Waals surface area contributed by atoms with E-state index in [1.807, 2.05) is 42.5 Å². The van der Waals surface area contributed by atoms with Gasteiger partial charge < -0.3 is 15.0 Å². The number of aromatic nitrogens is 1. The summed E-state index contributed by atoms with van der Waals surface area (Å²) in [5.41, 5.74) is 2.06. The van der Waals surface area contributed by atoms with E-state index in [1.165, 1.54) is 4.90 Å². The van der Waals surface area contributed by atoms with Crippen molar-refractivity contribution < 1.29 is 14.7 Å². The van der Waals surface area contributed by atoms with Crippen LogP contribution in [0.3, 0.4) is 0 Å². The molecule has 3 rings (SSSR count). The largest absolute Gasteiger partial charge is 0.480 e. The van der Waals surface area contributed by atoms with Gasteiger partial charge in [0.05, 0.1) is 0 Å². The second kappa shape index (κ2) is 6.51. The number of rotatable bonds is 5. The van der Waals surface area contributed by atoms with Gasteiger partial charge in [-0.3, -0.25) is 4.79 Å². The van der Waals surface area contributed by atoms with E-state index in [1.54, 1.807) is 6.92 Å². The molecule has 24 heavy (non-hydrogen) atoms. The van der Waals surface area contributed by atoms with Crippen molar-refractivity contribution in [2.45, 2.75) is 38.1 Å². The van der Waals surface area contributed by atoms with E-state index in [9.17, 15) is 14.7 Å². The van der Waals surface area contributed by atoms with E-state index in [2.05, 4.69) is 4.98 Å². The molecule has 2 aromatic rings. The lowest BCUT2D eigenvalue weighted by Gasteiger charge is -2.31. The Balaban J connectivity index is 1.63. The first-order valence-electron chi connectivity index (χ1n) is 8.28. The molecule has 1 aromatic heterocycles. The average Bonchev–Trinajstić information content (AvgIpc) is 3.21. The number of carboxylic acids is 1. The summed E-state index contributed by atoms with van der Waals surface area (Å²) >= 11 is 0. The highest BCUT2D eigenvalue weighted by atomic mass is 16.4. The van der Waals surface area contributed by atoms with Gasteiger partial charge in [0, 0.05) is 24.4 Å². The highest BCUT2D eigenvalue weighted by Crippen LogP contribution is 2.30. The van der Waals surface area contributed by atoms with Gasteiger partial charge in [0.1, 0.15) is 5.54 Å². The number of aliphatic carboxylic acids is 1. The molecule has 0 aliphatic carbocycles. The van der Waals surface area contributed by atoms with E-state index in [0.29, 0.717) is 25.8 Å². The number of aryl methyl sites for hydroxylation is 1. The molecule has 5 nitrogen and oxygen atoms in total. The van der Waals surface area contributed by atoms with Gasteiger partial charge in [-0.2, -0.15) is 0 Å². The fourth-order valence-electron chi connectivity index (χ4n) is 3.33. The highest BCUT2D eigenvalue weighted by molar-refractivity contribution is 5.87. The molecule has 1 fully saturated rings. The van der Waals surface area contributed by atoms with Crippen molar-refractivity contribution >= 4 is 11.9 Å². The standard InChI is InChI=1S/C19H22N2O3/c1-19(18(23)24)12-5-13-21(19)17(22)11-9-15-8-10-16(20-15)14-6-3-2-4-7-14/h2-4,6-8,10,20H,5,9,11-13H2,1H3,(H,23,24). The summed E-state index contributed by atoms with van der Waals surface area (Å²) in [5, 5.41) is 9.41. The molecule has 1 atom stereocenters. The highest BCUT2D eigenvalue weighted by Gasteiger charge is 2.45. The van der Waals surface area contributed by atoms with Crippen molar-refractivity contribution in [1.82, 2.24) is 9.88 Å². The summed E-state index contributed by atoms with van der Waals surface area (Å²) in [7, 11) is 0. The maximum absolute atomic E-state index is 12.5. The van der Waals surface area contributed by atoms with Crippen LogP contribution in [-0.4, -0.2) is 39.0 Å². The molecule has 1 saturated heterocycles. The minimum atomic E-state index is -1.05. The molecule has 0 radical (unpaired) electrons. The first kappa shape index (κ1) is 16.3. The number of carboxylic acid groups (broad SMARTS) is 1. The van der Waals surface area contributed by atoms with E-state index < -0.39 is 11.5 Å². The summed E-state index contributed by atoms with van der Waals surface area (Å²) in [4.78, 5) is 28.8. The number of amides is 1. The Hall–Kier alpha value is -2.56. The van der Waals surface area contributed by atoms with E-state index in [4.69, 9.17) is 0 Å². The van der Waals surface area contributed by atoms with E-state index in [0.717, 1.165) is 23.4 Å². The first-order valence-corrected chi connectivity index (χ1v) is 8.28. The maximum atomic E-state index is 12.5. The number of H-pyrrole nitrogens is 1. The van der Waals surface area contributed by atoms with Crippen molar-refractivity contribution in [3.8, 4) is 11.3 Å². The van der Waals surface area contributed by atoms with Gasteiger partial charge in [0.15, 0.2) is 0 Å². The van der Waals surface area contributed by atoms with Gasteiger partial charge in [-0.05, 0) is 43.9 Å². The third kappa shape index (κ3) is 3.07. The number of carbonyl (C=O) groups excluding carboxylic acids is 1. The Morgan fingerprint density at radius 1 is 1.21 bits per heavy atom. The van der Waals surface area contributed by atoms with Crippen LogP contribution >= 0.6 is 0 Å². The fourth-order valence-corrected chi connectivity index (χ4v) is 3.33. The van der Waals surface area contributed by atoms with Crippen molar-refractivity contribution in [1.29, 1.82) is 0 Å². The lowest BCUT2D eigenvalue weighted by Crippen LogP contribution is -2.50. The number of aromatic amines is 1. The van der Waals surface area contributed by atoms with Gasteiger partial charge in [-0.25, -0.2) is 4.79 Å². The first-order chi connectivity index (χ1) is 11.5. The van der Waals surface area contributed by atoms with Gasteiger partial charge in [0.2, 0.25) is 5.91 Å². The van der Waals surface area contributed by atoms with Crippen molar-refractivity contribution in [2.75, 3.05) is 6.54 Å². The number of nitrogens with zero attached hydrogens (tertiary/aromatic N) is 1. The van der Waals surface area contributed by atoms with Gasteiger partial charge >= 0.3 is 5.97 Å². The Bertz CT molecular complexity index is 738. The number of hydrogen-bond donors (Lipinski definition) is 2. The predicted molar refractivity (Wildman–Crippen MR) is 91.5 cm³/mol. The zero-order valence-electron chi connectivity index (χ0n) is 13.8. The number of likely N-dealkylation sites (tertiary alicyclic amines) is 1. The molecule has 0 bridgehead atoms. The molecule has 1 aromatic carbocycles. The summed E-state index contributed by atoms with van der Waals surface area (Å²) < 4.78 is 0. The quantitative estimate of drug-likeness (QED) is 0.887. The molecule has 2 N–H and O–H groups in total. The van der Waals surface area contributed by atoms with Crippen LogP contribution in [0.25, 0.3) is 11.3 Å². The van der Waals surface area contributed by atoms with Crippen LogP contribution in [0.5, 0.6) is 0 Å². The smallest absolute Gasteiger partial charge is 0.329 e. The second-order valence-corrected chi connectivity index (χ2v) is 6.49. The summed E-state index contributed by atoms with van der Waals surface area (Å²) in [6, 6.07) is 14.0. The monoisotopic (exact) mass is 326 g/mol. The molecule has 0 spiro atoms. The molecule has 0 saturated carbocycles. The zero-order chi connectivity index (χ0) is 17.2. The van der Waals surface area contributed by atoms with Crippen LogP contribution in [-0.2, 0) is 16.0 Å². The molecular formula is C19H22N2O3. The minimum Gasteiger partial charge on any atom is -0.480 e. The number of benzene rings is 1. The predicted octanol–water partition coefficient (Wildman–Crippen LogP) is 3.08. The maximum Gasteiger partial charge on any atom is 0.329 e. The molecule has 2 heterocycles.